The largest absolute Gasteiger partial charge is 0.497 e. The highest BCUT2D eigenvalue weighted by Crippen LogP contribution is 2.27. The van der Waals surface area contributed by atoms with E-state index >= 15 is 0 Å². The maximum Gasteiger partial charge on any atom is 0.338 e. The third kappa shape index (κ3) is 5.93. The molecule has 0 heterocycles. The molecule has 0 aliphatic heterocycles. The number of esters is 1. The fourth-order valence-corrected chi connectivity index (χ4v) is 4.60. The Morgan fingerprint density at radius 2 is 1.68 bits per heavy atom. The highest BCUT2D eigenvalue weighted by molar-refractivity contribution is 7.92. The van der Waals surface area contributed by atoms with Gasteiger partial charge in [-0.15, -0.1) is 0 Å². The first-order valence-corrected chi connectivity index (χ1v) is 12.0. The highest BCUT2D eigenvalue weighted by atomic mass is 32.2. The molecule has 0 aliphatic rings. The first-order valence-electron chi connectivity index (χ1n) is 10.5. The summed E-state index contributed by atoms with van der Waals surface area (Å²) in [6.07, 6.45) is 0. The predicted octanol–water partition coefficient (Wildman–Crippen LogP) is 4.01. The molecular formula is C25H26N2O6S. The van der Waals surface area contributed by atoms with Crippen LogP contribution in [-0.2, 0) is 19.6 Å². The molecule has 0 spiro atoms. The monoisotopic (exact) mass is 482 g/mol. The summed E-state index contributed by atoms with van der Waals surface area (Å²) in [4.78, 5) is 25.0. The summed E-state index contributed by atoms with van der Waals surface area (Å²) in [5, 5.41) is 2.66. The molecule has 0 unspecified atom stereocenters. The zero-order valence-electron chi connectivity index (χ0n) is 19.1. The smallest absolute Gasteiger partial charge is 0.338 e. The summed E-state index contributed by atoms with van der Waals surface area (Å²) in [6.45, 7) is 3.29. The van der Waals surface area contributed by atoms with Crippen LogP contribution in [0.2, 0.25) is 0 Å². The van der Waals surface area contributed by atoms with Crippen LogP contribution >= 0.6 is 0 Å². The number of aryl methyl sites for hydroxylation is 1. The summed E-state index contributed by atoms with van der Waals surface area (Å²) >= 11 is 0. The molecule has 0 bridgehead atoms. The van der Waals surface area contributed by atoms with E-state index in [0.717, 1.165) is 9.87 Å². The van der Waals surface area contributed by atoms with Gasteiger partial charge in [0.15, 0.2) is 0 Å². The molecule has 0 saturated heterocycles. The van der Waals surface area contributed by atoms with Gasteiger partial charge in [0.2, 0.25) is 5.91 Å². The molecule has 0 aliphatic carbocycles. The summed E-state index contributed by atoms with van der Waals surface area (Å²) in [5.41, 5.74) is 1.80. The van der Waals surface area contributed by atoms with Crippen molar-refractivity contribution in [2.45, 2.75) is 18.7 Å². The molecule has 3 aromatic rings. The second kappa shape index (κ2) is 10.8. The third-order valence-corrected chi connectivity index (χ3v) is 6.68. The lowest BCUT2D eigenvalue weighted by Crippen LogP contribution is -2.38. The molecule has 3 rings (SSSR count). The number of benzene rings is 3. The van der Waals surface area contributed by atoms with Gasteiger partial charge in [-0.05, 0) is 56.3 Å². The van der Waals surface area contributed by atoms with Gasteiger partial charge in [-0.1, -0.05) is 29.8 Å². The van der Waals surface area contributed by atoms with Crippen LogP contribution in [0.5, 0.6) is 5.75 Å². The van der Waals surface area contributed by atoms with Gasteiger partial charge in [0.1, 0.15) is 12.3 Å². The van der Waals surface area contributed by atoms with E-state index in [1.54, 1.807) is 61.5 Å². The van der Waals surface area contributed by atoms with Gasteiger partial charge in [-0.3, -0.25) is 9.10 Å². The predicted molar refractivity (Wildman–Crippen MR) is 130 cm³/mol. The third-order valence-electron chi connectivity index (χ3n) is 4.89. The van der Waals surface area contributed by atoms with Crippen LogP contribution in [0.4, 0.5) is 11.4 Å². The molecular weight excluding hydrogens is 456 g/mol. The van der Waals surface area contributed by atoms with Crippen LogP contribution in [0.25, 0.3) is 0 Å². The number of carbonyl (C=O) groups excluding carboxylic acids is 2. The SMILES string of the molecule is CCOC(=O)c1cccc(NC(=O)CN(c2cccc(OC)c2)S(=O)(=O)c2ccc(C)cc2)c1. The van der Waals surface area contributed by atoms with Gasteiger partial charge < -0.3 is 14.8 Å². The lowest BCUT2D eigenvalue weighted by Gasteiger charge is -2.24. The summed E-state index contributed by atoms with van der Waals surface area (Å²) in [7, 11) is -2.60. The molecule has 34 heavy (non-hydrogen) atoms. The first kappa shape index (κ1) is 24.8. The van der Waals surface area contributed by atoms with Crippen molar-refractivity contribution >= 4 is 33.3 Å². The number of hydrogen-bond donors (Lipinski definition) is 1. The average Bonchev–Trinajstić information content (AvgIpc) is 2.83. The van der Waals surface area contributed by atoms with Crippen molar-refractivity contribution in [3.63, 3.8) is 0 Å². The molecule has 9 heteroatoms. The van der Waals surface area contributed by atoms with E-state index < -0.39 is 28.4 Å². The standard InChI is InChI=1S/C25H26N2O6S/c1-4-33-25(29)19-7-5-8-20(15-19)26-24(28)17-27(21-9-6-10-22(16-21)32-3)34(30,31)23-13-11-18(2)12-14-23/h5-16H,4,17H2,1-3H3,(H,26,28). The van der Waals surface area contributed by atoms with Crippen molar-refractivity contribution in [3.8, 4) is 5.75 Å². The molecule has 3 aromatic carbocycles. The van der Waals surface area contributed by atoms with Gasteiger partial charge in [-0.2, -0.15) is 0 Å². The van der Waals surface area contributed by atoms with Crippen LogP contribution in [0.1, 0.15) is 22.8 Å². The summed E-state index contributed by atoms with van der Waals surface area (Å²) < 4.78 is 38.2. The molecule has 1 amide bonds. The minimum atomic E-state index is -4.07. The Balaban J connectivity index is 1.91. The second-order valence-electron chi connectivity index (χ2n) is 7.38. The van der Waals surface area contributed by atoms with Crippen molar-refractivity contribution in [2.24, 2.45) is 0 Å². The topological polar surface area (TPSA) is 102 Å². The zero-order chi connectivity index (χ0) is 24.7. The first-order chi connectivity index (χ1) is 16.2. The molecule has 8 nitrogen and oxygen atoms in total. The minimum Gasteiger partial charge on any atom is -0.497 e. The Morgan fingerprint density at radius 3 is 2.35 bits per heavy atom. The van der Waals surface area contributed by atoms with Crippen molar-refractivity contribution in [2.75, 3.05) is 29.9 Å². The van der Waals surface area contributed by atoms with Gasteiger partial charge in [0.05, 0.1) is 29.9 Å². The number of nitrogens with zero attached hydrogens (tertiary/aromatic N) is 1. The number of carbonyl (C=O) groups is 2. The van der Waals surface area contributed by atoms with Crippen molar-refractivity contribution < 1.29 is 27.5 Å². The van der Waals surface area contributed by atoms with E-state index in [2.05, 4.69) is 5.32 Å². The van der Waals surface area contributed by atoms with E-state index in [4.69, 9.17) is 9.47 Å². The Morgan fingerprint density at radius 1 is 0.971 bits per heavy atom. The summed E-state index contributed by atoms with van der Waals surface area (Å²) in [6, 6.07) is 19.1. The molecule has 0 saturated carbocycles. The van der Waals surface area contributed by atoms with Gasteiger partial charge in [-0.25, -0.2) is 13.2 Å². The van der Waals surface area contributed by atoms with E-state index in [1.165, 1.54) is 25.3 Å². The lowest BCUT2D eigenvalue weighted by atomic mass is 10.2. The molecule has 0 radical (unpaired) electrons. The molecule has 0 aromatic heterocycles. The maximum absolute atomic E-state index is 13.5. The van der Waals surface area contributed by atoms with E-state index in [9.17, 15) is 18.0 Å². The lowest BCUT2D eigenvalue weighted by molar-refractivity contribution is -0.114. The van der Waals surface area contributed by atoms with Gasteiger partial charge >= 0.3 is 5.97 Å². The average molecular weight is 483 g/mol. The zero-order valence-corrected chi connectivity index (χ0v) is 20.0. The second-order valence-corrected chi connectivity index (χ2v) is 9.24. The normalized spacial score (nSPS) is 10.9. The van der Waals surface area contributed by atoms with Crippen LogP contribution < -0.4 is 14.4 Å². The Labute approximate surface area is 199 Å². The minimum absolute atomic E-state index is 0.0537. The molecule has 0 fully saturated rings. The number of amides is 1. The van der Waals surface area contributed by atoms with Crippen molar-refractivity contribution in [1.29, 1.82) is 0 Å². The summed E-state index contributed by atoms with van der Waals surface area (Å²) in [5.74, 6) is -0.651. The number of hydrogen-bond acceptors (Lipinski definition) is 6. The van der Waals surface area contributed by atoms with E-state index in [1.807, 2.05) is 6.92 Å². The molecule has 0 atom stereocenters. The molecule has 1 N–H and O–H groups in total. The Kier molecular flexibility index (Phi) is 7.91. The van der Waals surface area contributed by atoms with Gasteiger partial charge in [0.25, 0.3) is 10.0 Å². The molecule has 178 valence electrons. The number of ether oxygens (including phenoxy) is 2. The van der Waals surface area contributed by atoms with Crippen LogP contribution in [0.3, 0.4) is 0 Å². The fourth-order valence-electron chi connectivity index (χ4n) is 3.19. The maximum atomic E-state index is 13.5. The highest BCUT2D eigenvalue weighted by Gasteiger charge is 2.27. The van der Waals surface area contributed by atoms with E-state index in [0.29, 0.717) is 11.4 Å². The van der Waals surface area contributed by atoms with Crippen LogP contribution in [-0.4, -0.2) is 40.6 Å². The number of nitrogens with one attached hydrogen (secondary N) is 1. The van der Waals surface area contributed by atoms with Crippen molar-refractivity contribution in [3.05, 3.63) is 83.9 Å². The number of methoxy groups -OCH3 is 1. The number of anilines is 2. The fraction of sp³-hybridized carbons (Fsp3) is 0.200. The van der Waals surface area contributed by atoms with Gasteiger partial charge in [0, 0.05) is 11.8 Å². The van der Waals surface area contributed by atoms with Crippen LogP contribution in [0, 0.1) is 6.92 Å². The van der Waals surface area contributed by atoms with Crippen LogP contribution in [0.15, 0.2) is 77.7 Å². The Hall–Kier alpha value is -3.85. The number of sulfonamides is 1. The quantitative estimate of drug-likeness (QED) is 0.462. The van der Waals surface area contributed by atoms with E-state index in [-0.39, 0.29) is 22.8 Å². The van der Waals surface area contributed by atoms with Crippen molar-refractivity contribution in [1.82, 2.24) is 0 Å². The Bertz CT molecular complexity index is 1270. The number of rotatable bonds is 9.